The summed E-state index contributed by atoms with van der Waals surface area (Å²) in [6.45, 7) is 1.88. The fraction of sp³-hybridized carbons (Fsp3) is 0.286. The summed E-state index contributed by atoms with van der Waals surface area (Å²) in [5, 5.41) is 9.23. The molecule has 4 aromatic rings. The molecule has 2 aromatic carbocycles. The first-order valence-electron chi connectivity index (χ1n) is 12.4. The van der Waals surface area contributed by atoms with Gasteiger partial charge < -0.3 is 14.6 Å². The van der Waals surface area contributed by atoms with Crippen LogP contribution in [0.15, 0.2) is 47.1 Å². The Morgan fingerprint density at radius 3 is 2.78 bits per heavy atom. The minimum atomic E-state index is -0.265. The lowest BCUT2D eigenvalue weighted by atomic mass is 9.96. The van der Waals surface area contributed by atoms with Crippen LogP contribution in [0.4, 0.5) is 0 Å². The summed E-state index contributed by atoms with van der Waals surface area (Å²) in [6, 6.07) is 11.7. The molecule has 0 aliphatic carbocycles. The van der Waals surface area contributed by atoms with Crippen LogP contribution in [0.3, 0.4) is 0 Å². The lowest BCUT2D eigenvalue weighted by Gasteiger charge is -2.16. The van der Waals surface area contributed by atoms with E-state index in [1.165, 1.54) is 4.90 Å². The smallest absolute Gasteiger partial charge is 0.229 e. The average molecular weight is 515 g/mol. The number of likely N-dealkylation sites (tertiary alicyclic amines) is 1. The van der Waals surface area contributed by atoms with Crippen molar-refractivity contribution in [3.63, 3.8) is 0 Å². The Kier molecular flexibility index (Phi) is 5.26. The van der Waals surface area contributed by atoms with Gasteiger partial charge in [0.1, 0.15) is 5.75 Å². The topological polar surface area (TPSA) is 97.6 Å². The van der Waals surface area contributed by atoms with Gasteiger partial charge in [0.2, 0.25) is 11.8 Å². The Bertz CT molecular complexity index is 1580. The Morgan fingerprint density at radius 2 is 1.92 bits per heavy atom. The van der Waals surface area contributed by atoms with Crippen molar-refractivity contribution >= 4 is 34.3 Å². The summed E-state index contributed by atoms with van der Waals surface area (Å²) in [6.07, 6.45) is 3.55. The Morgan fingerprint density at radius 1 is 1.05 bits per heavy atom. The fourth-order valence-electron chi connectivity index (χ4n) is 5.60. The number of nitrogens with zero attached hydrogens (tertiary/aromatic N) is 3. The molecule has 0 radical (unpaired) electrons. The fourth-order valence-corrected chi connectivity index (χ4v) is 5.84. The Balaban J connectivity index is 1.25. The molecule has 186 valence electrons. The minimum Gasteiger partial charge on any atom is -0.481 e. The van der Waals surface area contributed by atoms with Crippen molar-refractivity contribution in [2.24, 2.45) is 0 Å². The number of pyridine rings is 1. The zero-order valence-corrected chi connectivity index (χ0v) is 20.7. The second kappa shape index (κ2) is 8.68. The van der Waals surface area contributed by atoms with Gasteiger partial charge in [0.15, 0.2) is 11.9 Å². The van der Waals surface area contributed by atoms with Crippen LogP contribution >= 0.6 is 11.6 Å². The lowest BCUT2D eigenvalue weighted by molar-refractivity contribution is -0.139. The van der Waals surface area contributed by atoms with Crippen LogP contribution in [-0.2, 0) is 35.5 Å². The molecule has 1 N–H and O–H groups in total. The van der Waals surface area contributed by atoms with Crippen molar-refractivity contribution in [1.82, 2.24) is 20.4 Å². The largest absolute Gasteiger partial charge is 0.481 e. The number of hydrogen-bond acceptors (Lipinski definition) is 7. The molecule has 2 aromatic heterocycles. The van der Waals surface area contributed by atoms with Crippen LogP contribution < -0.4 is 10.1 Å². The number of imide groups is 1. The maximum absolute atomic E-state index is 12.1. The first kappa shape index (κ1) is 22.4. The molecule has 0 spiro atoms. The molecular weight excluding hydrogens is 492 g/mol. The number of benzene rings is 2. The molecule has 0 saturated carbocycles. The number of ether oxygens (including phenoxy) is 1. The monoisotopic (exact) mass is 514 g/mol. The quantitative estimate of drug-likeness (QED) is 0.400. The molecule has 1 fully saturated rings. The Labute approximate surface area is 217 Å². The summed E-state index contributed by atoms with van der Waals surface area (Å²) < 4.78 is 12.3. The summed E-state index contributed by atoms with van der Waals surface area (Å²) >= 11 is 6.58. The van der Waals surface area contributed by atoms with E-state index in [1.807, 2.05) is 36.4 Å². The third-order valence-electron chi connectivity index (χ3n) is 7.42. The second-order valence-electron chi connectivity index (χ2n) is 9.73. The SMILES string of the molecule is O=C1CCC(=O)N1Cc1ccc2c(-c3cc(Cl)cc4c3O[C@@H](c3onc5c3CNCC5)C4)ccnc2c1. The van der Waals surface area contributed by atoms with E-state index in [9.17, 15) is 9.59 Å². The molecule has 3 aliphatic heterocycles. The van der Waals surface area contributed by atoms with Crippen LogP contribution in [0.2, 0.25) is 5.02 Å². The zero-order valence-electron chi connectivity index (χ0n) is 19.9. The molecule has 37 heavy (non-hydrogen) atoms. The molecule has 9 heteroatoms. The van der Waals surface area contributed by atoms with Gasteiger partial charge in [0.25, 0.3) is 0 Å². The molecule has 2 amide bonds. The predicted octanol–water partition coefficient (Wildman–Crippen LogP) is 4.51. The van der Waals surface area contributed by atoms with Gasteiger partial charge in [-0.05, 0) is 35.4 Å². The second-order valence-corrected chi connectivity index (χ2v) is 10.2. The van der Waals surface area contributed by atoms with Crippen molar-refractivity contribution in [3.05, 3.63) is 75.8 Å². The van der Waals surface area contributed by atoms with Crippen LogP contribution in [0, 0.1) is 0 Å². The molecule has 0 unspecified atom stereocenters. The number of hydrogen-bond donors (Lipinski definition) is 1. The van der Waals surface area contributed by atoms with E-state index >= 15 is 0 Å². The van der Waals surface area contributed by atoms with Crippen molar-refractivity contribution in [2.75, 3.05) is 6.54 Å². The van der Waals surface area contributed by atoms with E-state index in [0.717, 1.165) is 75.4 Å². The third kappa shape index (κ3) is 3.79. The summed E-state index contributed by atoms with van der Waals surface area (Å²) in [4.78, 5) is 30.0. The number of carbonyl (C=O) groups excluding carboxylic acids is 2. The van der Waals surface area contributed by atoms with Crippen molar-refractivity contribution < 1.29 is 18.8 Å². The number of halogens is 1. The van der Waals surface area contributed by atoms with E-state index in [0.29, 0.717) is 11.4 Å². The first-order chi connectivity index (χ1) is 18.0. The minimum absolute atomic E-state index is 0.128. The first-order valence-corrected chi connectivity index (χ1v) is 12.8. The van der Waals surface area contributed by atoms with Gasteiger partial charge in [-0.2, -0.15) is 0 Å². The lowest BCUT2D eigenvalue weighted by Crippen LogP contribution is -2.28. The van der Waals surface area contributed by atoms with E-state index in [4.69, 9.17) is 20.9 Å². The average Bonchev–Trinajstić information content (AvgIpc) is 3.61. The number of aromatic nitrogens is 2. The molecule has 0 bridgehead atoms. The maximum Gasteiger partial charge on any atom is 0.229 e. The van der Waals surface area contributed by atoms with Crippen molar-refractivity contribution in [3.8, 4) is 16.9 Å². The highest BCUT2D eigenvalue weighted by Crippen LogP contribution is 2.47. The van der Waals surface area contributed by atoms with Crippen LogP contribution in [0.5, 0.6) is 5.75 Å². The van der Waals surface area contributed by atoms with Crippen molar-refractivity contribution in [2.45, 2.75) is 44.9 Å². The van der Waals surface area contributed by atoms with Gasteiger partial charge in [0.05, 0.1) is 17.8 Å². The van der Waals surface area contributed by atoms with Gasteiger partial charge >= 0.3 is 0 Å². The number of nitrogens with one attached hydrogen (secondary N) is 1. The van der Waals surface area contributed by atoms with E-state index in [2.05, 4.69) is 15.5 Å². The molecule has 5 heterocycles. The summed E-state index contributed by atoms with van der Waals surface area (Å²) in [7, 11) is 0. The van der Waals surface area contributed by atoms with Crippen LogP contribution in [-0.4, -0.2) is 33.4 Å². The summed E-state index contributed by atoms with van der Waals surface area (Å²) in [5.41, 5.74) is 6.58. The summed E-state index contributed by atoms with van der Waals surface area (Å²) in [5.74, 6) is 1.30. The zero-order chi connectivity index (χ0) is 25.1. The van der Waals surface area contributed by atoms with Crippen LogP contribution in [0.25, 0.3) is 22.0 Å². The predicted molar refractivity (Wildman–Crippen MR) is 136 cm³/mol. The highest BCUT2D eigenvalue weighted by molar-refractivity contribution is 6.31. The van der Waals surface area contributed by atoms with Gasteiger partial charge in [0, 0.05) is 72.1 Å². The molecule has 3 aliphatic rings. The van der Waals surface area contributed by atoms with Gasteiger partial charge in [-0.3, -0.25) is 19.5 Å². The Hall–Kier alpha value is -3.75. The van der Waals surface area contributed by atoms with Gasteiger partial charge in [-0.1, -0.05) is 28.9 Å². The normalized spacial score (nSPS) is 18.8. The van der Waals surface area contributed by atoms with E-state index < -0.39 is 0 Å². The van der Waals surface area contributed by atoms with Gasteiger partial charge in [-0.15, -0.1) is 0 Å². The number of rotatable bonds is 4. The molecular formula is C28H23ClN4O4. The highest BCUT2D eigenvalue weighted by Gasteiger charge is 2.34. The van der Waals surface area contributed by atoms with Crippen molar-refractivity contribution in [1.29, 1.82) is 0 Å². The number of carbonyl (C=O) groups is 2. The molecule has 1 atom stereocenters. The van der Waals surface area contributed by atoms with E-state index in [1.54, 1.807) is 6.20 Å². The molecule has 8 nitrogen and oxygen atoms in total. The number of amides is 2. The third-order valence-corrected chi connectivity index (χ3v) is 7.64. The highest BCUT2D eigenvalue weighted by atomic mass is 35.5. The molecule has 7 rings (SSSR count). The van der Waals surface area contributed by atoms with Crippen LogP contribution in [0.1, 0.15) is 47.1 Å². The van der Waals surface area contributed by atoms with Gasteiger partial charge in [-0.25, -0.2) is 0 Å². The number of fused-ring (bicyclic) bond motifs is 3. The van der Waals surface area contributed by atoms with E-state index in [-0.39, 0.29) is 37.3 Å². The molecule has 1 saturated heterocycles. The maximum atomic E-state index is 12.1. The standard InChI is InChI=1S/C28H23ClN4O4/c29-17-10-16-11-24(28-21-13-30-7-6-22(21)32-37-28)36-27(16)20(12-17)18-5-8-31-23-9-15(1-2-19(18)23)14-33-25(34)3-4-26(33)35/h1-2,5,8-10,12,24,30H,3-4,6-7,11,13-14H2/t24-/m1/s1.